The van der Waals surface area contributed by atoms with Crippen molar-refractivity contribution in [1.29, 1.82) is 0 Å². The first kappa shape index (κ1) is 24.6. The lowest BCUT2D eigenvalue weighted by Gasteiger charge is -2.50. The van der Waals surface area contributed by atoms with Gasteiger partial charge in [0.1, 0.15) is 0 Å². The summed E-state index contributed by atoms with van der Waals surface area (Å²) in [5, 5.41) is 0. The third-order valence-corrected chi connectivity index (χ3v) is 10.6. The van der Waals surface area contributed by atoms with Crippen LogP contribution in [-0.2, 0) is 0 Å². The normalized spacial score (nSPS) is 13.9. The molecule has 7 aromatic carbocycles. The lowest BCUT2D eigenvalue weighted by Crippen LogP contribution is -2.65. The Hall–Kier alpha value is -5.73. The summed E-state index contributed by atoms with van der Waals surface area (Å²) in [4.78, 5) is 5.25. The molecule has 46 heavy (non-hydrogen) atoms. The van der Waals surface area contributed by atoms with Crippen LogP contribution in [0.25, 0.3) is 44.5 Å². The highest BCUT2D eigenvalue weighted by molar-refractivity contribution is 6.97. The summed E-state index contributed by atoms with van der Waals surface area (Å²) >= 11 is 0. The minimum atomic E-state index is 0.0592. The van der Waals surface area contributed by atoms with Crippen LogP contribution in [0.1, 0.15) is 0 Å². The summed E-state index contributed by atoms with van der Waals surface area (Å²) in [7, 11) is 0. The van der Waals surface area contributed by atoms with Crippen molar-refractivity contribution < 1.29 is 0 Å². The molecular weight excluding hydrogens is 554 g/mol. The molecule has 210 valence electrons. The average Bonchev–Trinajstić information content (AvgIpc) is 3.14. The SMILES string of the molecule is c1ccc(-c2cc3c4c(c2)B2c5ccccc5-c5ccccc5N2c2cccc(c2-4)N2B3c3ccccc3-c3ccccc32)cc1. The smallest absolute Gasteiger partial charge is 0.329 e. The Morgan fingerprint density at radius 3 is 1.28 bits per heavy atom. The molecule has 7 aromatic rings. The van der Waals surface area contributed by atoms with E-state index < -0.39 is 0 Å². The van der Waals surface area contributed by atoms with Crippen molar-refractivity contribution in [3.8, 4) is 44.5 Å². The number of hydrogen-bond donors (Lipinski definition) is 0. The van der Waals surface area contributed by atoms with Gasteiger partial charge in [0.05, 0.1) is 0 Å². The molecule has 0 radical (unpaired) electrons. The van der Waals surface area contributed by atoms with Crippen molar-refractivity contribution in [2.24, 2.45) is 0 Å². The Morgan fingerprint density at radius 2 is 0.739 bits per heavy atom. The van der Waals surface area contributed by atoms with E-state index >= 15 is 0 Å². The zero-order chi connectivity index (χ0) is 29.9. The lowest BCUT2D eigenvalue weighted by molar-refractivity contribution is 1.30. The molecule has 2 nitrogen and oxygen atoms in total. The van der Waals surface area contributed by atoms with E-state index in [1.54, 1.807) is 0 Å². The maximum atomic E-state index is 2.63. The summed E-state index contributed by atoms with van der Waals surface area (Å²) < 4.78 is 0. The van der Waals surface area contributed by atoms with Crippen molar-refractivity contribution in [1.82, 2.24) is 0 Å². The van der Waals surface area contributed by atoms with Crippen molar-refractivity contribution in [2.75, 3.05) is 9.62 Å². The fraction of sp³-hybridized carbons (Fsp3) is 0. The predicted octanol–water partition coefficient (Wildman–Crippen LogP) is 7.50. The van der Waals surface area contributed by atoms with Gasteiger partial charge in [0, 0.05) is 39.4 Å². The van der Waals surface area contributed by atoms with E-state index in [1.165, 1.54) is 89.1 Å². The Labute approximate surface area is 269 Å². The van der Waals surface area contributed by atoms with Crippen LogP contribution < -0.4 is 31.5 Å². The Bertz CT molecular complexity index is 2270. The van der Waals surface area contributed by atoms with Crippen LogP contribution in [0.2, 0.25) is 0 Å². The molecule has 0 N–H and O–H groups in total. The maximum absolute atomic E-state index is 2.63. The topological polar surface area (TPSA) is 6.48 Å². The number of nitrogens with zero attached hydrogens (tertiary/aromatic N) is 2. The number of para-hydroxylation sites is 2. The van der Waals surface area contributed by atoms with E-state index in [0.29, 0.717) is 0 Å². The fourth-order valence-electron chi connectivity index (χ4n) is 8.88. The van der Waals surface area contributed by atoms with Gasteiger partial charge in [-0.1, -0.05) is 133 Å². The Morgan fingerprint density at radius 1 is 0.304 bits per heavy atom. The van der Waals surface area contributed by atoms with Crippen LogP contribution in [0.5, 0.6) is 0 Å². The minimum absolute atomic E-state index is 0.0592. The molecule has 0 bridgehead atoms. The maximum Gasteiger partial charge on any atom is 0.329 e. The van der Waals surface area contributed by atoms with Crippen LogP contribution in [-0.4, -0.2) is 13.7 Å². The third-order valence-electron chi connectivity index (χ3n) is 10.6. The van der Waals surface area contributed by atoms with Gasteiger partial charge < -0.3 is 9.62 Å². The van der Waals surface area contributed by atoms with E-state index in [9.17, 15) is 0 Å². The molecule has 4 aliphatic heterocycles. The van der Waals surface area contributed by atoms with Crippen LogP contribution in [0.3, 0.4) is 0 Å². The van der Waals surface area contributed by atoms with Gasteiger partial charge in [0.15, 0.2) is 0 Å². The molecule has 4 heterocycles. The number of rotatable bonds is 1. The fourth-order valence-corrected chi connectivity index (χ4v) is 8.88. The van der Waals surface area contributed by atoms with Crippen molar-refractivity contribution in [2.45, 2.75) is 0 Å². The zero-order valence-electron chi connectivity index (χ0n) is 25.1. The molecule has 0 atom stereocenters. The monoisotopic (exact) mass is 580 g/mol. The highest BCUT2D eigenvalue weighted by Gasteiger charge is 2.50. The Kier molecular flexibility index (Phi) is 4.77. The molecule has 0 amide bonds. The minimum Gasteiger partial charge on any atom is -0.376 e. The van der Waals surface area contributed by atoms with E-state index in [-0.39, 0.29) is 13.7 Å². The van der Waals surface area contributed by atoms with Crippen LogP contribution in [0.15, 0.2) is 158 Å². The van der Waals surface area contributed by atoms with Gasteiger partial charge in [-0.2, -0.15) is 0 Å². The molecule has 0 aliphatic carbocycles. The van der Waals surface area contributed by atoms with Gasteiger partial charge in [-0.15, -0.1) is 0 Å². The molecule has 0 spiro atoms. The van der Waals surface area contributed by atoms with Crippen LogP contribution in [0, 0.1) is 0 Å². The van der Waals surface area contributed by atoms with Crippen molar-refractivity contribution in [3.63, 3.8) is 0 Å². The molecule has 0 saturated heterocycles. The highest BCUT2D eigenvalue weighted by Crippen LogP contribution is 2.53. The second kappa shape index (κ2) is 8.93. The highest BCUT2D eigenvalue weighted by atomic mass is 15.1. The van der Waals surface area contributed by atoms with Crippen molar-refractivity contribution in [3.05, 3.63) is 158 Å². The summed E-state index contributed by atoms with van der Waals surface area (Å²) in [6.07, 6.45) is 0. The number of hydrogen-bond acceptors (Lipinski definition) is 2. The summed E-state index contributed by atoms with van der Waals surface area (Å²) in [6.45, 7) is 0.118. The second-order valence-corrected chi connectivity index (χ2v) is 12.8. The first-order chi connectivity index (χ1) is 22.9. The van der Waals surface area contributed by atoms with Gasteiger partial charge >= 0.3 is 13.7 Å². The molecule has 4 aliphatic rings. The molecular formula is C42H26B2N2. The first-order valence-corrected chi connectivity index (χ1v) is 16.2. The molecule has 11 rings (SSSR count). The quantitative estimate of drug-likeness (QED) is 0.186. The van der Waals surface area contributed by atoms with Gasteiger partial charge in [-0.3, -0.25) is 0 Å². The zero-order valence-corrected chi connectivity index (χ0v) is 25.1. The van der Waals surface area contributed by atoms with Gasteiger partial charge in [-0.25, -0.2) is 0 Å². The van der Waals surface area contributed by atoms with Crippen LogP contribution in [0.4, 0.5) is 22.7 Å². The third kappa shape index (κ3) is 3.04. The largest absolute Gasteiger partial charge is 0.376 e. The van der Waals surface area contributed by atoms with Gasteiger partial charge in [-0.05, 0) is 73.9 Å². The molecule has 4 heteroatoms. The van der Waals surface area contributed by atoms with Crippen molar-refractivity contribution >= 4 is 58.3 Å². The molecule has 0 unspecified atom stereocenters. The van der Waals surface area contributed by atoms with Gasteiger partial charge in [0.25, 0.3) is 0 Å². The van der Waals surface area contributed by atoms with Gasteiger partial charge in [0.2, 0.25) is 0 Å². The average molecular weight is 580 g/mol. The molecule has 0 aromatic heterocycles. The summed E-state index contributed by atoms with van der Waals surface area (Å²) in [5.74, 6) is 0. The lowest BCUT2D eigenvalue weighted by atomic mass is 9.37. The van der Waals surface area contributed by atoms with Crippen LogP contribution >= 0.6 is 0 Å². The first-order valence-electron chi connectivity index (χ1n) is 16.2. The number of anilines is 4. The molecule has 0 saturated carbocycles. The second-order valence-electron chi connectivity index (χ2n) is 12.8. The van der Waals surface area contributed by atoms with E-state index in [1.807, 2.05) is 0 Å². The summed E-state index contributed by atoms with van der Waals surface area (Å²) in [6, 6.07) is 58.9. The number of benzene rings is 7. The predicted molar refractivity (Wildman–Crippen MR) is 195 cm³/mol. The van der Waals surface area contributed by atoms with E-state index in [0.717, 1.165) is 0 Å². The summed E-state index contributed by atoms with van der Waals surface area (Å²) in [5.41, 5.74) is 21.1. The Balaban J connectivity index is 1.32. The van der Waals surface area contributed by atoms with E-state index in [2.05, 4.69) is 167 Å². The van der Waals surface area contributed by atoms with E-state index in [4.69, 9.17) is 0 Å². The number of fused-ring (bicyclic) bond motifs is 16. The standard InChI is InChI=1S/C42H26B2N2/c1-2-13-27(14-3-1)28-25-35-41-36(26-28)44-34-20-9-5-16-30(34)32-18-7-11-22-38(32)46(44)40-24-12-23-39(42(40)41)45-37-21-10-6-17-31(37)29-15-4-8-19-33(29)43(35)45/h1-26H. The molecule has 0 fully saturated rings.